The van der Waals surface area contributed by atoms with E-state index < -0.39 is 0 Å². The smallest absolute Gasteiger partial charge is 0.123 e. The minimum Gasteiger partial charge on any atom is -0.232 e. The van der Waals surface area contributed by atoms with Crippen LogP contribution in [-0.2, 0) is 0 Å². The van der Waals surface area contributed by atoms with Crippen LogP contribution in [0.5, 0.6) is 0 Å². The highest BCUT2D eigenvalue weighted by Gasteiger charge is 2.11. The quantitative estimate of drug-likeness (QED) is 0.496. The monoisotopic (exact) mass is 276 g/mol. The number of rotatable bonds is 1. The Morgan fingerprint density at radius 1 is 0.952 bits per heavy atom. The van der Waals surface area contributed by atoms with Crippen LogP contribution in [-0.4, -0.2) is 9.61 Å². The Morgan fingerprint density at radius 2 is 1.76 bits per heavy atom. The van der Waals surface area contributed by atoms with Crippen molar-refractivity contribution in [3.8, 4) is 11.3 Å². The summed E-state index contributed by atoms with van der Waals surface area (Å²) in [7, 11) is 0. The Kier molecular flexibility index (Phi) is 2.54. The van der Waals surface area contributed by atoms with Crippen LogP contribution in [0.15, 0.2) is 60.7 Å². The number of halogens is 1. The van der Waals surface area contributed by atoms with Gasteiger partial charge in [-0.3, -0.25) is 0 Å². The molecule has 4 aromatic rings. The molecular weight excluding hydrogens is 263 g/mol. The maximum Gasteiger partial charge on any atom is 0.123 e. The van der Waals surface area contributed by atoms with E-state index in [1.54, 1.807) is 6.07 Å². The molecule has 21 heavy (non-hydrogen) atoms. The first-order valence-corrected chi connectivity index (χ1v) is 6.86. The summed E-state index contributed by atoms with van der Waals surface area (Å²) in [5.41, 5.74) is 3.99. The van der Waals surface area contributed by atoms with E-state index in [0.717, 1.165) is 33.2 Å². The molecule has 0 bridgehead atoms. The average molecular weight is 276 g/mol. The van der Waals surface area contributed by atoms with E-state index in [2.05, 4.69) is 5.10 Å². The van der Waals surface area contributed by atoms with Crippen molar-refractivity contribution < 1.29 is 4.39 Å². The Hall–Kier alpha value is -2.68. The molecule has 0 radical (unpaired) electrons. The summed E-state index contributed by atoms with van der Waals surface area (Å²) in [4.78, 5) is 0. The highest BCUT2D eigenvalue weighted by Crippen LogP contribution is 2.29. The molecule has 2 nitrogen and oxygen atoms in total. The SMILES string of the molecule is Cc1cc2c3ccc(F)cc3cc(-c3ccccc3)n2n1. The third kappa shape index (κ3) is 1.89. The van der Waals surface area contributed by atoms with Gasteiger partial charge in [-0.15, -0.1) is 0 Å². The van der Waals surface area contributed by atoms with Gasteiger partial charge in [-0.1, -0.05) is 30.3 Å². The summed E-state index contributed by atoms with van der Waals surface area (Å²) < 4.78 is 15.5. The zero-order chi connectivity index (χ0) is 14.4. The Bertz CT molecular complexity index is 955. The minimum absolute atomic E-state index is 0.220. The van der Waals surface area contributed by atoms with Gasteiger partial charge in [0.25, 0.3) is 0 Å². The van der Waals surface area contributed by atoms with Gasteiger partial charge in [0.05, 0.1) is 16.9 Å². The molecule has 0 aliphatic heterocycles. The summed E-state index contributed by atoms with van der Waals surface area (Å²) in [6.45, 7) is 1.97. The first-order valence-electron chi connectivity index (χ1n) is 6.86. The molecule has 0 unspecified atom stereocenters. The van der Waals surface area contributed by atoms with E-state index >= 15 is 0 Å². The van der Waals surface area contributed by atoms with E-state index in [1.807, 2.05) is 60.0 Å². The molecule has 0 amide bonds. The second kappa shape index (κ2) is 4.42. The minimum atomic E-state index is -0.220. The van der Waals surface area contributed by atoms with Crippen LogP contribution in [0.4, 0.5) is 4.39 Å². The predicted octanol–water partition coefficient (Wildman–Crippen LogP) is 4.60. The van der Waals surface area contributed by atoms with E-state index in [0.29, 0.717) is 0 Å². The lowest BCUT2D eigenvalue weighted by Crippen LogP contribution is -1.95. The van der Waals surface area contributed by atoms with Crippen LogP contribution in [0.25, 0.3) is 27.5 Å². The zero-order valence-electron chi connectivity index (χ0n) is 11.5. The highest BCUT2D eigenvalue weighted by molar-refractivity contribution is 5.98. The lowest BCUT2D eigenvalue weighted by molar-refractivity contribution is 0.630. The maximum absolute atomic E-state index is 13.6. The fourth-order valence-corrected chi connectivity index (χ4v) is 2.78. The lowest BCUT2D eigenvalue weighted by atomic mass is 10.1. The second-order valence-corrected chi connectivity index (χ2v) is 5.21. The van der Waals surface area contributed by atoms with Crippen LogP contribution >= 0.6 is 0 Å². The van der Waals surface area contributed by atoms with Gasteiger partial charge in [-0.2, -0.15) is 5.10 Å². The van der Waals surface area contributed by atoms with Gasteiger partial charge in [0.15, 0.2) is 0 Å². The summed E-state index contributed by atoms with van der Waals surface area (Å²) in [6, 6.07) is 19.0. The maximum atomic E-state index is 13.6. The molecule has 0 saturated heterocycles. The van der Waals surface area contributed by atoms with E-state index in [1.165, 1.54) is 6.07 Å². The molecular formula is C18H13FN2. The van der Waals surface area contributed by atoms with Crippen molar-refractivity contribution in [3.63, 3.8) is 0 Å². The van der Waals surface area contributed by atoms with Crippen LogP contribution in [0.2, 0.25) is 0 Å². The van der Waals surface area contributed by atoms with E-state index in [9.17, 15) is 4.39 Å². The normalized spacial score (nSPS) is 11.3. The number of benzene rings is 2. The van der Waals surface area contributed by atoms with Gasteiger partial charge in [-0.25, -0.2) is 8.91 Å². The Balaban J connectivity index is 2.17. The van der Waals surface area contributed by atoms with E-state index in [-0.39, 0.29) is 5.82 Å². The van der Waals surface area contributed by atoms with Gasteiger partial charge in [0.2, 0.25) is 0 Å². The molecule has 2 heterocycles. The Morgan fingerprint density at radius 3 is 2.57 bits per heavy atom. The average Bonchev–Trinajstić information content (AvgIpc) is 2.88. The summed E-state index contributed by atoms with van der Waals surface area (Å²) in [6.07, 6.45) is 0. The van der Waals surface area contributed by atoms with Gasteiger partial charge >= 0.3 is 0 Å². The molecule has 2 aromatic carbocycles. The summed E-state index contributed by atoms with van der Waals surface area (Å²) in [5, 5.41) is 6.49. The predicted molar refractivity (Wildman–Crippen MR) is 82.8 cm³/mol. The van der Waals surface area contributed by atoms with Crippen molar-refractivity contribution in [2.45, 2.75) is 6.92 Å². The Labute approximate surface area is 121 Å². The third-order valence-electron chi connectivity index (χ3n) is 3.71. The molecule has 0 N–H and O–H groups in total. The first-order chi connectivity index (χ1) is 10.2. The topological polar surface area (TPSA) is 17.3 Å². The fourth-order valence-electron chi connectivity index (χ4n) is 2.78. The fraction of sp³-hybridized carbons (Fsp3) is 0.0556. The first kappa shape index (κ1) is 12.1. The number of pyridine rings is 1. The van der Waals surface area contributed by atoms with Crippen LogP contribution in [0, 0.1) is 12.7 Å². The molecule has 0 saturated carbocycles. The molecule has 0 aliphatic rings. The molecule has 0 atom stereocenters. The number of fused-ring (bicyclic) bond motifs is 3. The standard InChI is InChI=1S/C18H13FN2/c1-12-9-18-16-8-7-15(19)10-14(16)11-17(21(18)20-12)13-5-3-2-4-6-13/h2-11H,1H3. The van der Waals surface area contributed by atoms with Gasteiger partial charge in [0, 0.05) is 10.9 Å². The molecule has 102 valence electrons. The van der Waals surface area contributed by atoms with Crippen LogP contribution < -0.4 is 0 Å². The van der Waals surface area contributed by atoms with Crippen molar-refractivity contribution in [1.82, 2.24) is 9.61 Å². The van der Waals surface area contributed by atoms with Crippen LogP contribution in [0.3, 0.4) is 0 Å². The number of hydrogen-bond acceptors (Lipinski definition) is 1. The number of aromatic nitrogens is 2. The highest BCUT2D eigenvalue weighted by atomic mass is 19.1. The number of hydrogen-bond donors (Lipinski definition) is 0. The van der Waals surface area contributed by atoms with Gasteiger partial charge in [-0.05, 0) is 42.6 Å². The van der Waals surface area contributed by atoms with Crippen molar-refractivity contribution in [3.05, 3.63) is 72.2 Å². The number of nitrogens with zero attached hydrogens (tertiary/aromatic N) is 2. The van der Waals surface area contributed by atoms with E-state index in [4.69, 9.17) is 0 Å². The van der Waals surface area contributed by atoms with Crippen molar-refractivity contribution in [1.29, 1.82) is 0 Å². The van der Waals surface area contributed by atoms with Gasteiger partial charge < -0.3 is 0 Å². The molecule has 3 heteroatoms. The van der Waals surface area contributed by atoms with Crippen molar-refractivity contribution in [2.75, 3.05) is 0 Å². The molecule has 0 fully saturated rings. The molecule has 0 spiro atoms. The summed E-state index contributed by atoms with van der Waals surface area (Å²) >= 11 is 0. The molecule has 0 aliphatic carbocycles. The molecule has 2 aromatic heterocycles. The largest absolute Gasteiger partial charge is 0.232 e. The zero-order valence-corrected chi connectivity index (χ0v) is 11.5. The number of aryl methyl sites for hydroxylation is 1. The van der Waals surface area contributed by atoms with Crippen LogP contribution in [0.1, 0.15) is 5.69 Å². The molecule has 4 rings (SSSR count). The van der Waals surface area contributed by atoms with Crippen molar-refractivity contribution >= 4 is 16.3 Å². The van der Waals surface area contributed by atoms with Gasteiger partial charge in [0.1, 0.15) is 5.82 Å². The van der Waals surface area contributed by atoms with Crippen molar-refractivity contribution in [2.24, 2.45) is 0 Å². The third-order valence-corrected chi connectivity index (χ3v) is 3.71. The second-order valence-electron chi connectivity index (χ2n) is 5.21. The summed E-state index contributed by atoms with van der Waals surface area (Å²) in [5.74, 6) is -0.220. The lowest BCUT2D eigenvalue weighted by Gasteiger charge is -2.09.